The van der Waals surface area contributed by atoms with Crippen LogP contribution in [0.2, 0.25) is 0 Å². The Morgan fingerprint density at radius 3 is 2.40 bits per heavy atom. The molecular formula is C17H19N3O5. The van der Waals surface area contributed by atoms with E-state index in [9.17, 15) is 14.4 Å². The molecule has 2 aromatic heterocycles. The van der Waals surface area contributed by atoms with Crippen LogP contribution in [0.4, 0.5) is 0 Å². The Morgan fingerprint density at radius 2 is 1.80 bits per heavy atom. The summed E-state index contributed by atoms with van der Waals surface area (Å²) in [5, 5.41) is 2.62. The summed E-state index contributed by atoms with van der Waals surface area (Å²) in [6.07, 6.45) is 4.26. The van der Waals surface area contributed by atoms with E-state index in [2.05, 4.69) is 5.32 Å². The van der Waals surface area contributed by atoms with Gasteiger partial charge in [-0.1, -0.05) is 0 Å². The van der Waals surface area contributed by atoms with E-state index in [4.69, 9.17) is 8.83 Å². The summed E-state index contributed by atoms with van der Waals surface area (Å²) in [6, 6.07) is 4.09. The third-order valence-electron chi connectivity index (χ3n) is 4.11. The van der Waals surface area contributed by atoms with Crippen LogP contribution in [0, 0.1) is 0 Å². The van der Waals surface area contributed by atoms with Crippen molar-refractivity contribution in [1.82, 2.24) is 15.1 Å². The number of nitrogens with zero attached hydrogens (tertiary/aromatic N) is 2. The monoisotopic (exact) mass is 345 g/mol. The van der Waals surface area contributed by atoms with Crippen LogP contribution in [0.5, 0.6) is 0 Å². The molecule has 8 nitrogen and oxygen atoms in total. The van der Waals surface area contributed by atoms with Gasteiger partial charge in [0.15, 0.2) is 5.76 Å². The highest BCUT2D eigenvalue weighted by Gasteiger charge is 2.28. The zero-order valence-corrected chi connectivity index (χ0v) is 13.8. The zero-order chi connectivity index (χ0) is 17.8. The van der Waals surface area contributed by atoms with Crippen LogP contribution in [0.3, 0.4) is 0 Å². The molecule has 25 heavy (non-hydrogen) atoms. The van der Waals surface area contributed by atoms with Gasteiger partial charge in [-0.15, -0.1) is 0 Å². The average molecular weight is 345 g/mol. The van der Waals surface area contributed by atoms with Crippen LogP contribution in [-0.4, -0.2) is 59.7 Å². The van der Waals surface area contributed by atoms with Crippen LogP contribution in [0.15, 0.2) is 45.8 Å². The molecule has 1 N–H and O–H groups in total. The summed E-state index contributed by atoms with van der Waals surface area (Å²) in [5.74, 6) is -0.565. The Hall–Kier alpha value is -3.03. The molecule has 0 spiro atoms. The zero-order valence-electron chi connectivity index (χ0n) is 13.8. The van der Waals surface area contributed by atoms with Crippen LogP contribution < -0.4 is 5.32 Å². The predicted molar refractivity (Wildman–Crippen MR) is 86.8 cm³/mol. The molecule has 0 unspecified atom stereocenters. The van der Waals surface area contributed by atoms with Crippen molar-refractivity contribution >= 4 is 17.7 Å². The van der Waals surface area contributed by atoms with Crippen LogP contribution in [-0.2, 0) is 4.79 Å². The molecular weight excluding hydrogens is 326 g/mol. The number of amides is 3. The predicted octanol–water partition coefficient (Wildman–Crippen LogP) is 0.975. The summed E-state index contributed by atoms with van der Waals surface area (Å²) < 4.78 is 9.93. The molecule has 0 saturated carbocycles. The number of hydrogen-bond acceptors (Lipinski definition) is 5. The highest BCUT2D eigenvalue weighted by atomic mass is 16.3. The summed E-state index contributed by atoms with van der Waals surface area (Å²) in [7, 11) is 0. The molecule has 1 saturated heterocycles. The van der Waals surface area contributed by atoms with E-state index >= 15 is 0 Å². The van der Waals surface area contributed by atoms with Gasteiger partial charge in [-0.2, -0.15) is 0 Å². The van der Waals surface area contributed by atoms with Crippen LogP contribution >= 0.6 is 0 Å². The van der Waals surface area contributed by atoms with Gasteiger partial charge in [0, 0.05) is 26.2 Å². The maximum Gasteiger partial charge on any atom is 0.287 e. The van der Waals surface area contributed by atoms with Crippen molar-refractivity contribution in [3.05, 3.63) is 48.3 Å². The Labute approximate surface area is 144 Å². The Bertz CT molecular complexity index is 730. The Morgan fingerprint density at radius 1 is 1.08 bits per heavy atom. The van der Waals surface area contributed by atoms with Crippen molar-refractivity contribution in [1.29, 1.82) is 0 Å². The quantitative estimate of drug-likeness (QED) is 0.891. The molecule has 1 fully saturated rings. The Balaban J connectivity index is 1.51. The first-order valence-corrected chi connectivity index (χ1v) is 8.01. The number of hydrogen-bond donors (Lipinski definition) is 1. The van der Waals surface area contributed by atoms with Gasteiger partial charge in [-0.3, -0.25) is 14.4 Å². The van der Waals surface area contributed by atoms with E-state index in [1.807, 2.05) is 0 Å². The Kier molecular flexibility index (Phi) is 4.87. The molecule has 0 aromatic carbocycles. The summed E-state index contributed by atoms with van der Waals surface area (Å²) in [6.45, 7) is 3.35. The van der Waals surface area contributed by atoms with Crippen molar-refractivity contribution in [2.24, 2.45) is 0 Å². The average Bonchev–Trinajstić information content (AvgIpc) is 3.33. The minimum Gasteiger partial charge on any atom is -0.472 e. The molecule has 8 heteroatoms. The van der Waals surface area contributed by atoms with Gasteiger partial charge in [-0.25, -0.2) is 0 Å². The van der Waals surface area contributed by atoms with Gasteiger partial charge < -0.3 is 24.0 Å². The smallest absolute Gasteiger partial charge is 0.287 e. The molecule has 132 valence electrons. The van der Waals surface area contributed by atoms with Gasteiger partial charge in [-0.05, 0) is 25.1 Å². The first-order chi connectivity index (χ1) is 12.1. The number of carbonyl (C=O) groups is 3. The van der Waals surface area contributed by atoms with Crippen molar-refractivity contribution < 1.29 is 23.2 Å². The van der Waals surface area contributed by atoms with E-state index in [-0.39, 0.29) is 17.6 Å². The van der Waals surface area contributed by atoms with E-state index < -0.39 is 11.9 Å². The second-order valence-corrected chi connectivity index (χ2v) is 5.80. The minimum atomic E-state index is -0.672. The standard InChI is InChI=1S/C17H19N3O5/c1-12(18-15(21)14-3-2-9-25-14)16(22)19-5-7-20(8-6-19)17(23)13-4-10-24-11-13/h2-4,9-12H,5-8H2,1H3,(H,18,21)/t12-/m0/s1. The molecule has 3 rings (SSSR count). The third kappa shape index (κ3) is 3.73. The number of nitrogens with one attached hydrogen (secondary N) is 1. The SMILES string of the molecule is C[C@H](NC(=O)c1ccco1)C(=O)N1CCN(C(=O)c2ccoc2)CC1. The molecule has 0 radical (unpaired) electrons. The van der Waals surface area contributed by atoms with E-state index in [0.717, 1.165) is 0 Å². The fourth-order valence-corrected chi connectivity index (χ4v) is 2.71. The molecule has 2 aromatic rings. The lowest BCUT2D eigenvalue weighted by Crippen LogP contribution is -2.55. The van der Waals surface area contributed by atoms with Gasteiger partial charge in [0.1, 0.15) is 12.3 Å². The largest absolute Gasteiger partial charge is 0.472 e. The van der Waals surface area contributed by atoms with Crippen LogP contribution in [0.1, 0.15) is 27.8 Å². The lowest BCUT2D eigenvalue weighted by atomic mass is 10.2. The highest BCUT2D eigenvalue weighted by molar-refractivity contribution is 5.96. The molecule has 0 bridgehead atoms. The fraction of sp³-hybridized carbons (Fsp3) is 0.353. The maximum absolute atomic E-state index is 12.5. The lowest BCUT2D eigenvalue weighted by Gasteiger charge is -2.35. The van der Waals surface area contributed by atoms with Crippen molar-refractivity contribution in [2.45, 2.75) is 13.0 Å². The topological polar surface area (TPSA) is 96.0 Å². The van der Waals surface area contributed by atoms with E-state index in [1.165, 1.54) is 24.9 Å². The second-order valence-electron chi connectivity index (χ2n) is 5.80. The summed E-state index contributed by atoms with van der Waals surface area (Å²) in [5.41, 5.74) is 0.499. The maximum atomic E-state index is 12.5. The summed E-state index contributed by atoms with van der Waals surface area (Å²) >= 11 is 0. The molecule has 0 aliphatic carbocycles. The van der Waals surface area contributed by atoms with Crippen LogP contribution in [0.25, 0.3) is 0 Å². The summed E-state index contributed by atoms with van der Waals surface area (Å²) in [4.78, 5) is 40.0. The van der Waals surface area contributed by atoms with Gasteiger partial charge in [0.05, 0.1) is 18.1 Å². The normalized spacial score (nSPS) is 15.7. The van der Waals surface area contributed by atoms with E-state index in [1.54, 1.807) is 28.9 Å². The van der Waals surface area contributed by atoms with Gasteiger partial charge in [0.25, 0.3) is 11.8 Å². The number of rotatable bonds is 4. The second kappa shape index (κ2) is 7.25. The fourth-order valence-electron chi connectivity index (χ4n) is 2.71. The molecule has 1 atom stereocenters. The van der Waals surface area contributed by atoms with E-state index in [0.29, 0.717) is 31.7 Å². The molecule has 1 aliphatic heterocycles. The van der Waals surface area contributed by atoms with Crippen molar-refractivity contribution in [2.75, 3.05) is 26.2 Å². The first-order valence-electron chi connectivity index (χ1n) is 8.01. The molecule has 3 amide bonds. The number of furan rings is 2. The number of piperazine rings is 1. The van der Waals surface area contributed by atoms with Crippen molar-refractivity contribution in [3.8, 4) is 0 Å². The minimum absolute atomic E-state index is 0.111. The number of carbonyl (C=O) groups excluding carboxylic acids is 3. The molecule has 3 heterocycles. The lowest BCUT2D eigenvalue weighted by molar-refractivity contribution is -0.134. The van der Waals surface area contributed by atoms with Crippen molar-refractivity contribution in [3.63, 3.8) is 0 Å². The highest BCUT2D eigenvalue weighted by Crippen LogP contribution is 2.10. The first kappa shape index (κ1) is 16.8. The molecule has 1 aliphatic rings. The third-order valence-corrected chi connectivity index (χ3v) is 4.11. The van der Waals surface area contributed by atoms with Gasteiger partial charge >= 0.3 is 0 Å². The van der Waals surface area contributed by atoms with Gasteiger partial charge in [0.2, 0.25) is 5.91 Å².